The van der Waals surface area contributed by atoms with Gasteiger partial charge in [-0.25, -0.2) is 0 Å². The minimum Gasteiger partial charge on any atom is -0.490 e. The van der Waals surface area contributed by atoms with Crippen molar-refractivity contribution in [3.8, 4) is 5.75 Å². The summed E-state index contributed by atoms with van der Waals surface area (Å²) >= 11 is 0. The molecule has 0 radical (unpaired) electrons. The highest BCUT2D eigenvalue weighted by Gasteiger charge is 2.39. The van der Waals surface area contributed by atoms with Crippen molar-refractivity contribution in [1.82, 2.24) is 10.2 Å². The minimum atomic E-state index is -0.290. The third kappa shape index (κ3) is 4.46. The van der Waals surface area contributed by atoms with Gasteiger partial charge in [0.25, 0.3) is 5.91 Å². The van der Waals surface area contributed by atoms with E-state index >= 15 is 0 Å². The Morgan fingerprint density at radius 3 is 2.66 bits per heavy atom. The van der Waals surface area contributed by atoms with E-state index in [9.17, 15) is 14.4 Å². The standard InChI is InChI=1S/C24H31N3O5/c1-27-19-9-8-17(12-22(28)25-15-3-2-4-15)32-21(19)13-31-20-10-7-16(11-18(20)24(27)30)26-23(29)14-5-6-14/h7,10-11,14-15,17,19,21H,2-6,8-9,12-13H2,1H3,(H,25,28)(H,26,29)/t17-,19+,21+/m0/s1. The van der Waals surface area contributed by atoms with Crippen molar-refractivity contribution in [1.29, 1.82) is 0 Å². The van der Waals surface area contributed by atoms with Crippen molar-refractivity contribution in [2.24, 2.45) is 5.92 Å². The number of hydrogen-bond donors (Lipinski definition) is 2. The van der Waals surface area contributed by atoms with Crippen LogP contribution >= 0.6 is 0 Å². The maximum Gasteiger partial charge on any atom is 0.257 e. The lowest BCUT2D eigenvalue weighted by Crippen LogP contribution is -2.54. The molecule has 2 aliphatic heterocycles. The molecule has 1 saturated heterocycles. The van der Waals surface area contributed by atoms with Crippen LogP contribution in [0.2, 0.25) is 0 Å². The Balaban J connectivity index is 1.25. The zero-order valence-corrected chi connectivity index (χ0v) is 18.5. The predicted molar refractivity (Wildman–Crippen MR) is 117 cm³/mol. The van der Waals surface area contributed by atoms with Gasteiger partial charge in [-0.1, -0.05) is 0 Å². The molecule has 0 bridgehead atoms. The van der Waals surface area contributed by atoms with Crippen LogP contribution in [0.3, 0.4) is 0 Å². The minimum absolute atomic E-state index is 0.00523. The molecule has 2 aliphatic carbocycles. The Kier molecular flexibility index (Phi) is 5.80. The number of nitrogens with zero attached hydrogens (tertiary/aromatic N) is 1. The van der Waals surface area contributed by atoms with Crippen LogP contribution in [0.25, 0.3) is 0 Å². The first-order valence-electron chi connectivity index (χ1n) is 11.8. The molecule has 32 heavy (non-hydrogen) atoms. The van der Waals surface area contributed by atoms with Gasteiger partial charge in [0.1, 0.15) is 18.5 Å². The lowest BCUT2D eigenvalue weighted by molar-refractivity contribution is -0.135. The van der Waals surface area contributed by atoms with Gasteiger partial charge in [0.15, 0.2) is 0 Å². The molecular formula is C24H31N3O5. The molecule has 2 saturated carbocycles. The largest absolute Gasteiger partial charge is 0.490 e. The number of nitrogens with one attached hydrogen (secondary N) is 2. The van der Waals surface area contributed by atoms with E-state index in [1.807, 2.05) is 0 Å². The number of ether oxygens (including phenoxy) is 2. The Morgan fingerprint density at radius 2 is 1.94 bits per heavy atom. The van der Waals surface area contributed by atoms with E-state index in [0.29, 0.717) is 36.1 Å². The number of hydrogen-bond acceptors (Lipinski definition) is 5. The molecule has 3 fully saturated rings. The summed E-state index contributed by atoms with van der Waals surface area (Å²) in [5, 5.41) is 5.97. The second-order valence-corrected chi connectivity index (χ2v) is 9.54. The van der Waals surface area contributed by atoms with Gasteiger partial charge in [-0.3, -0.25) is 14.4 Å². The normalized spacial score (nSPS) is 27.7. The lowest BCUT2D eigenvalue weighted by Gasteiger charge is -2.42. The summed E-state index contributed by atoms with van der Waals surface area (Å²) in [4.78, 5) is 39.4. The molecule has 3 atom stereocenters. The van der Waals surface area contributed by atoms with Crippen molar-refractivity contribution in [3.63, 3.8) is 0 Å². The third-order valence-corrected chi connectivity index (χ3v) is 7.11. The average molecular weight is 442 g/mol. The highest BCUT2D eigenvalue weighted by Crippen LogP contribution is 2.34. The highest BCUT2D eigenvalue weighted by atomic mass is 16.5. The zero-order chi connectivity index (χ0) is 22.2. The van der Waals surface area contributed by atoms with Crippen molar-refractivity contribution >= 4 is 23.4 Å². The van der Waals surface area contributed by atoms with E-state index in [4.69, 9.17) is 9.47 Å². The van der Waals surface area contributed by atoms with Gasteiger partial charge in [-0.2, -0.15) is 0 Å². The highest BCUT2D eigenvalue weighted by molar-refractivity contribution is 6.00. The number of anilines is 1. The molecule has 8 heteroatoms. The van der Waals surface area contributed by atoms with Crippen LogP contribution < -0.4 is 15.4 Å². The Bertz CT molecular complexity index is 911. The van der Waals surface area contributed by atoms with Crippen LogP contribution in [0.5, 0.6) is 5.75 Å². The summed E-state index contributed by atoms with van der Waals surface area (Å²) in [5.74, 6) is 0.474. The molecule has 2 N–H and O–H groups in total. The molecule has 8 nitrogen and oxygen atoms in total. The summed E-state index contributed by atoms with van der Waals surface area (Å²) in [6, 6.07) is 5.40. The fraction of sp³-hybridized carbons (Fsp3) is 0.625. The van der Waals surface area contributed by atoms with E-state index in [1.54, 1.807) is 30.1 Å². The van der Waals surface area contributed by atoms with Gasteiger partial charge < -0.3 is 25.0 Å². The van der Waals surface area contributed by atoms with Crippen molar-refractivity contribution in [2.45, 2.75) is 75.7 Å². The third-order valence-electron chi connectivity index (χ3n) is 7.11. The summed E-state index contributed by atoms with van der Waals surface area (Å²) in [6.07, 6.45) is 6.53. The molecule has 1 aromatic carbocycles. The molecule has 3 amide bonds. The summed E-state index contributed by atoms with van der Waals surface area (Å²) in [6.45, 7) is 0.309. The summed E-state index contributed by atoms with van der Waals surface area (Å²) < 4.78 is 12.2. The molecular weight excluding hydrogens is 410 g/mol. The second-order valence-electron chi connectivity index (χ2n) is 9.54. The summed E-state index contributed by atoms with van der Waals surface area (Å²) in [5.41, 5.74) is 1.06. The van der Waals surface area contributed by atoms with Crippen LogP contribution in [-0.2, 0) is 14.3 Å². The molecule has 2 heterocycles. The topological polar surface area (TPSA) is 97.0 Å². The molecule has 0 aromatic heterocycles. The fourth-order valence-corrected chi connectivity index (χ4v) is 4.74. The van der Waals surface area contributed by atoms with Crippen LogP contribution in [0.4, 0.5) is 5.69 Å². The van der Waals surface area contributed by atoms with Gasteiger partial charge in [0.05, 0.1) is 24.1 Å². The van der Waals surface area contributed by atoms with E-state index in [2.05, 4.69) is 10.6 Å². The Labute approximate surface area is 188 Å². The lowest BCUT2D eigenvalue weighted by atomic mass is 9.92. The average Bonchev–Trinajstić information content (AvgIpc) is 3.59. The number of carbonyl (C=O) groups excluding carboxylic acids is 3. The number of benzene rings is 1. The number of amides is 3. The summed E-state index contributed by atoms with van der Waals surface area (Å²) in [7, 11) is 1.79. The van der Waals surface area contributed by atoms with E-state index in [0.717, 1.165) is 38.5 Å². The first-order chi connectivity index (χ1) is 15.5. The number of fused-ring (bicyclic) bond motifs is 2. The van der Waals surface area contributed by atoms with Crippen molar-refractivity contribution in [3.05, 3.63) is 23.8 Å². The predicted octanol–water partition coefficient (Wildman–Crippen LogP) is 2.47. The van der Waals surface area contributed by atoms with Gasteiger partial charge in [0.2, 0.25) is 11.8 Å². The molecule has 172 valence electrons. The van der Waals surface area contributed by atoms with E-state index < -0.39 is 0 Å². The molecule has 5 rings (SSSR count). The maximum absolute atomic E-state index is 13.3. The number of likely N-dealkylation sites (N-methyl/N-ethyl adjacent to an activating group) is 1. The monoisotopic (exact) mass is 441 g/mol. The van der Waals surface area contributed by atoms with Crippen LogP contribution in [-0.4, -0.2) is 60.6 Å². The Morgan fingerprint density at radius 1 is 1.12 bits per heavy atom. The maximum atomic E-state index is 13.3. The van der Waals surface area contributed by atoms with Gasteiger partial charge in [-0.15, -0.1) is 0 Å². The van der Waals surface area contributed by atoms with E-state index in [1.165, 1.54) is 6.42 Å². The van der Waals surface area contributed by atoms with Gasteiger partial charge in [-0.05, 0) is 63.1 Å². The van der Waals surface area contributed by atoms with Crippen molar-refractivity contribution in [2.75, 3.05) is 19.0 Å². The smallest absolute Gasteiger partial charge is 0.257 e. The van der Waals surface area contributed by atoms with Crippen LogP contribution in [0.1, 0.15) is 61.7 Å². The van der Waals surface area contributed by atoms with E-state index in [-0.39, 0.29) is 41.9 Å². The van der Waals surface area contributed by atoms with Crippen LogP contribution in [0, 0.1) is 5.92 Å². The molecule has 0 unspecified atom stereocenters. The molecule has 1 aromatic rings. The zero-order valence-electron chi connectivity index (χ0n) is 18.5. The Hall–Kier alpha value is -2.61. The SMILES string of the molecule is CN1C(=O)c2cc(NC(=O)C3CC3)ccc2OC[C@H]2O[C@H](CC(=O)NC3CCC3)CC[C@H]21. The van der Waals surface area contributed by atoms with Crippen LogP contribution in [0.15, 0.2) is 18.2 Å². The molecule has 4 aliphatic rings. The quantitative estimate of drug-likeness (QED) is 0.732. The molecule has 0 spiro atoms. The second kappa shape index (κ2) is 8.73. The first-order valence-corrected chi connectivity index (χ1v) is 11.8. The van der Waals surface area contributed by atoms with Gasteiger partial charge in [0, 0.05) is 24.7 Å². The fourth-order valence-electron chi connectivity index (χ4n) is 4.74. The number of rotatable bonds is 5. The van der Waals surface area contributed by atoms with Gasteiger partial charge >= 0.3 is 0 Å². The number of carbonyl (C=O) groups is 3. The first kappa shape index (κ1) is 21.2. The van der Waals surface area contributed by atoms with Crippen molar-refractivity contribution < 1.29 is 23.9 Å².